The molecule has 0 saturated carbocycles. The highest BCUT2D eigenvalue weighted by Gasteiger charge is 2.13. The van der Waals surface area contributed by atoms with Crippen LogP contribution in [0.5, 0.6) is 11.5 Å². The smallest absolute Gasteiger partial charge is 0.255 e. The van der Waals surface area contributed by atoms with E-state index in [0.29, 0.717) is 30.9 Å². The summed E-state index contributed by atoms with van der Waals surface area (Å²) in [5.74, 6) is 2.30. The Kier molecular flexibility index (Phi) is 7.59. The molecule has 0 spiro atoms. The number of hydrogen-bond acceptors (Lipinski definition) is 4. The van der Waals surface area contributed by atoms with E-state index in [9.17, 15) is 4.79 Å². The zero-order valence-corrected chi connectivity index (χ0v) is 18.9. The average molecular weight is 444 g/mol. The van der Waals surface area contributed by atoms with E-state index in [4.69, 9.17) is 14.5 Å². The van der Waals surface area contributed by atoms with E-state index in [1.54, 1.807) is 19.2 Å². The van der Waals surface area contributed by atoms with Crippen molar-refractivity contribution in [3.8, 4) is 11.5 Å². The van der Waals surface area contributed by atoms with Crippen LogP contribution in [0.15, 0.2) is 78.9 Å². The van der Waals surface area contributed by atoms with Gasteiger partial charge in [-0.3, -0.25) is 4.79 Å². The molecule has 1 amide bonds. The second-order valence-corrected chi connectivity index (χ2v) is 7.74. The standard InChI is InChI=1S/C27H29N3O3/c1-32-25-16-8-5-13-22(25)27(31)28-18-17-26-29-23-14-6-7-15-24(23)30(26)19-9-10-20-33-21-11-3-2-4-12-21/h2-8,11-16H,9-10,17-20H2,1H3,(H,28,31). The molecule has 1 N–H and O–H groups in total. The van der Waals surface area contributed by atoms with Crippen molar-refractivity contribution in [3.05, 3.63) is 90.3 Å². The maximum absolute atomic E-state index is 12.6. The molecular formula is C27H29N3O3. The Bertz CT molecular complexity index is 1190. The number of aryl methyl sites for hydroxylation is 1. The summed E-state index contributed by atoms with van der Waals surface area (Å²) in [6.45, 7) is 2.03. The number of carbonyl (C=O) groups is 1. The normalized spacial score (nSPS) is 10.8. The molecule has 0 unspecified atom stereocenters. The van der Waals surface area contributed by atoms with Gasteiger partial charge in [0.2, 0.25) is 0 Å². The maximum atomic E-state index is 12.6. The number of benzene rings is 3. The third kappa shape index (κ3) is 5.71. The molecular weight excluding hydrogens is 414 g/mol. The van der Waals surface area contributed by atoms with Gasteiger partial charge in [0.15, 0.2) is 0 Å². The fourth-order valence-electron chi connectivity index (χ4n) is 3.86. The molecule has 33 heavy (non-hydrogen) atoms. The first-order chi connectivity index (χ1) is 16.3. The first-order valence-corrected chi connectivity index (χ1v) is 11.3. The Morgan fingerprint density at radius 1 is 0.939 bits per heavy atom. The summed E-state index contributed by atoms with van der Waals surface area (Å²) in [6.07, 6.45) is 2.58. The number of amides is 1. The molecule has 3 aromatic carbocycles. The first kappa shape index (κ1) is 22.4. The highest BCUT2D eigenvalue weighted by molar-refractivity contribution is 5.96. The van der Waals surface area contributed by atoms with Gasteiger partial charge in [-0.1, -0.05) is 42.5 Å². The molecule has 0 radical (unpaired) electrons. The van der Waals surface area contributed by atoms with Crippen molar-refractivity contribution < 1.29 is 14.3 Å². The van der Waals surface area contributed by atoms with Gasteiger partial charge >= 0.3 is 0 Å². The number of methoxy groups -OCH3 is 1. The molecule has 4 rings (SSSR count). The Labute approximate surface area is 194 Å². The van der Waals surface area contributed by atoms with Gasteiger partial charge in [-0.2, -0.15) is 0 Å². The fourth-order valence-corrected chi connectivity index (χ4v) is 3.86. The van der Waals surface area contributed by atoms with E-state index >= 15 is 0 Å². The Morgan fingerprint density at radius 2 is 1.70 bits per heavy atom. The summed E-state index contributed by atoms with van der Waals surface area (Å²) in [5.41, 5.74) is 2.63. The molecule has 0 fully saturated rings. The summed E-state index contributed by atoms with van der Waals surface area (Å²) in [6, 6.07) is 25.3. The Morgan fingerprint density at radius 3 is 2.55 bits per heavy atom. The minimum atomic E-state index is -0.145. The van der Waals surface area contributed by atoms with Crippen LogP contribution in [-0.4, -0.2) is 35.7 Å². The Hall–Kier alpha value is -3.80. The summed E-state index contributed by atoms with van der Waals surface area (Å²) in [4.78, 5) is 17.4. The van der Waals surface area contributed by atoms with E-state index in [0.717, 1.165) is 42.0 Å². The topological polar surface area (TPSA) is 65.4 Å². The highest BCUT2D eigenvalue weighted by Crippen LogP contribution is 2.19. The predicted molar refractivity (Wildman–Crippen MR) is 130 cm³/mol. The van der Waals surface area contributed by atoms with E-state index in [1.165, 1.54) is 0 Å². The minimum absolute atomic E-state index is 0.145. The summed E-state index contributed by atoms with van der Waals surface area (Å²) < 4.78 is 13.4. The van der Waals surface area contributed by atoms with E-state index < -0.39 is 0 Å². The van der Waals surface area contributed by atoms with Gasteiger partial charge < -0.3 is 19.4 Å². The number of unbranched alkanes of at least 4 members (excludes halogenated alkanes) is 1. The SMILES string of the molecule is COc1ccccc1C(=O)NCCc1nc2ccccc2n1CCCCOc1ccccc1. The molecule has 6 heteroatoms. The van der Waals surface area contributed by atoms with Crippen LogP contribution in [0.25, 0.3) is 11.0 Å². The lowest BCUT2D eigenvalue weighted by atomic mass is 10.2. The number of rotatable bonds is 11. The Balaban J connectivity index is 1.35. The number of carbonyl (C=O) groups excluding carboxylic acids is 1. The van der Waals surface area contributed by atoms with Crippen molar-refractivity contribution in [2.75, 3.05) is 20.3 Å². The van der Waals surface area contributed by atoms with E-state index in [2.05, 4.69) is 16.0 Å². The molecule has 0 aliphatic heterocycles. The minimum Gasteiger partial charge on any atom is -0.496 e. The van der Waals surface area contributed by atoms with E-state index in [1.807, 2.05) is 60.7 Å². The monoisotopic (exact) mass is 443 g/mol. The first-order valence-electron chi connectivity index (χ1n) is 11.3. The molecule has 0 aliphatic rings. The second-order valence-electron chi connectivity index (χ2n) is 7.74. The van der Waals surface area contributed by atoms with Crippen molar-refractivity contribution in [1.82, 2.24) is 14.9 Å². The number of imidazole rings is 1. The zero-order chi connectivity index (χ0) is 22.9. The summed E-state index contributed by atoms with van der Waals surface area (Å²) >= 11 is 0. The van der Waals surface area contributed by atoms with Crippen LogP contribution in [0.1, 0.15) is 29.0 Å². The third-order valence-corrected chi connectivity index (χ3v) is 5.51. The van der Waals surface area contributed by atoms with Crippen molar-refractivity contribution in [2.45, 2.75) is 25.8 Å². The van der Waals surface area contributed by atoms with Crippen LogP contribution in [0.2, 0.25) is 0 Å². The van der Waals surface area contributed by atoms with Crippen molar-refractivity contribution >= 4 is 16.9 Å². The number of para-hydroxylation sites is 4. The van der Waals surface area contributed by atoms with Crippen LogP contribution in [0.4, 0.5) is 0 Å². The fraction of sp³-hybridized carbons (Fsp3) is 0.259. The summed E-state index contributed by atoms with van der Waals surface area (Å²) in [7, 11) is 1.57. The van der Waals surface area contributed by atoms with Gasteiger partial charge in [-0.15, -0.1) is 0 Å². The predicted octanol–water partition coefficient (Wildman–Crippen LogP) is 4.88. The number of ether oxygens (including phenoxy) is 2. The van der Waals surface area contributed by atoms with E-state index in [-0.39, 0.29) is 5.91 Å². The quantitative estimate of drug-likeness (QED) is 0.336. The molecule has 0 atom stereocenters. The number of hydrogen-bond donors (Lipinski definition) is 1. The van der Waals surface area contributed by atoms with Crippen molar-refractivity contribution in [3.63, 3.8) is 0 Å². The number of nitrogens with one attached hydrogen (secondary N) is 1. The van der Waals surface area contributed by atoms with Gasteiger partial charge in [-0.05, 0) is 49.2 Å². The zero-order valence-electron chi connectivity index (χ0n) is 18.9. The molecule has 4 aromatic rings. The summed E-state index contributed by atoms with van der Waals surface area (Å²) in [5, 5.41) is 3.00. The lowest BCUT2D eigenvalue weighted by Crippen LogP contribution is -2.27. The molecule has 0 aliphatic carbocycles. The molecule has 0 saturated heterocycles. The number of fused-ring (bicyclic) bond motifs is 1. The van der Waals surface area contributed by atoms with Crippen molar-refractivity contribution in [2.24, 2.45) is 0 Å². The van der Waals surface area contributed by atoms with Crippen LogP contribution >= 0.6 is 0 Å². The largest absolute Gasteiger partial charge is 0.496 e. The van der Waals surface area contributed by atoms with Crippen LogP contribution in [0.3, 0.4) is 0 Å². The number of aromatic nitrogens is 2. The number of nitrogens with zero attached hydrogens (tertiary/aromatic N) is 2. The van der Waals surface area contributed by atoms with Gasteiger partial charge in [0.1, 0.15) is 17.3 Å². The van der Waals surface area contributed by atoms with Gasteiger partial charge in [-0.25, -0.2) is 4.98 Å². The van der Waals surface area contributed by atoms with Crippen molar-refractivity contribution in [1.29, 1.82) is 0 Å². The van der Waals surface area contributed by atoms with Crippen LogP contribution in [0, 0.1) is 0 Å². The van der Waals surface area contributed by atoms with Gasteiger partial charge in [0.25, 0.3) is 5.91 Å². The molecule has 170 valence electrons. The lowest BCUT2D eigenvalue weighted by Gasteiger charge is -2.11. The van der Waals surface area contributed by atoms with Crippen LogP contribution < -0.4 is 14.8 Å². The van der Waals surface area contributed by atoms with Crippen LogP contribution in [-0.2, 0) is 13.0 Å². The van der Waals surface area contributed by atoms with Gasteiger partial charge in [0, 0.05) is 19.5 Å². The molecule has 1 heterocycles. The third-order valence-electron chi connectivity index (χ3n) is 5.51. The molecule has 0 bridgehead atoms. The lowest BCUT2D eigenvalue weighted by molar-refractivity contribution is 0.0951. The second kappa shape index (κ2) is 11.2. The highest BCUT2D eigenvalue weighted by atomic mass is 16.5. The molecule has 1 aromatic heterocycles. The maximum Gasteiger partial charge on any atom is 0.255 e. The average Bonchev–Trinajstić information content (AvgIpc) is 3.21. The van der Waals surface area contributed by atoms with Gasteiger partial charge in [0.05, 0.1) is 30.3 Å². The molecule has 6 nitrogen and oxygen atoms in total.